The maximum Gasteiger partial charge on any atom is 0.251 e. The summed E-state index contributed by atoms with van der Waals surface area (Å²) in [6.07, 6.45) is 9.92. The molecule has 1 N–H and O–H groups in total. The van der Waals surface area contributed by atoms with E-state index in [2.05, 4.69) is 5.32 Å². The number of carbonyl (C=O) groups is 2. The van der Waals surface area contributed by atoms with Crippen LogP contribution in [0.3, 0.4) is 0 Å². The Bertz CT molecular complexity index is 655. The summed E-state index contributed by atoms with van der Waals surface area (Å²) in [4.78, 5) is 26.5. The molecule has 4 rings (SSSR count). The first-order chi connectivity index (χ1) is 13.2. The van der Waals surface area contributed by atoms with Gasteiger partial charge >= 0.3 is 0 Å². The highest BCUT2D eigenvalue weighted by Gasteiger charge is 2.35. The summed E-state index contributed by atoms with van der Waals surface area (Å²) < 4.78 is 6.07. The van der Waals surface area contributed by atoms with Crippen LogP contribution in [0.25, 0.3) is 0 Å². The molecule has 1 heterocycles. The summed E-state index contributed by atoms with van der Waals surface area (Å²) in [6.45, 7) is 1.59. The fraction of sp³-hybridized carbons (Fsp3) is 0.636. The molecule has 5 nitrogen and oxygen atoms in total. The third kappa shape index (κ3) is 4.82. The second-order valence-corrected chi connectivity index (χ2v) is 8.25. The SMILES string of the molecule is O=C(NC1CCCCC1)c1ccc(OC2CCN(C(=O)C3CC3)CC2)cc1. The van der Waals surface area contributed by atoms with Crippen LogP contribution in [-0.2, 0) is 4.79 Å². The lowest BCUT2D eigenvalue weighted by atomic mass is 9.95. The molecule has 0 spiro atoms. The Morgan fingerprint density at radius 3 is 2.19 bits per heavy atom. The van der Waals surface area contributed by atoms with E-state index >= 15 is 0 Å². The molecule has 1 aliphatic heterocycles. The van der Waals surface area contributed by atoms with E-state index in [-0.39, 0.29) is 12.0 Å². The predicted molar refractivity (Wildman–Crippen MR) is 104 cm³/mol. The number of nitrogens with zero attached hydrogens (tertiary/aromatic N) is 1. The number of hydrogen-bond donors (Lipinski definition) is 1. The largest absolute Gasteiger partial charge is 0.490 e. The van der Waals surface area contributed by atoms with Crippen LogP contribution in [0.5, 0.6) is 5.75 Å². The summed E-state index contributed by atoms with van der Waals surface area (Å²) in [5.41, 5.74) is 0.692. The van der Waals surface area contributed by atoms with Gasteiger partial charge in [-0.05, 0) is 49.9 Å². The lowest BCUT2D eigenvalue weighted by Gasteiger charge is -2.32. The van der Waals surface area contributed by atoms with Crippen molar-refractivity contribution in [1.29, 1.82) is 0 Å². The first kappa shape index (κ1) is 18.3. The number of hydrogen-bond acceptors (Lipinski definition) is 3. The average Bonchev–Trinajstić information content (AvgIpc) is 3.55. The summed E-state index contributed by atoms with van der Waals surface area (Å²) in [6, 6.07) is 7.79. The lowest BCUT2D eigenvalue weighted by molar-refractivity contribution is -0.134. The fourth-order valence-corrected chi connectivity index (χ4v) is 4.18. The van der Waals surface area contributed by atoms with Gasteiger partial charge < -0.3 is 15.0 Å². The maximum absolute atomic E-state index is 12.4. The van der Waals surface area contributed by atoms with Gasteiger partial charge in [-0.1, -0.05) is 19.3 Å². The van der Waals surface area contributed by atoms with Crippen LogP contribution in [0.15, 0.2) is 24.3 Å². The minimum Gasteiger partial charge on any atom is -0.490 e. The highest BCUT2D eigenvalue weighted by molar-refractivity contribution is 5.94. The molecule has 1 aromatic carbocycles. The second-order valence-electron chi connectivity index (χ2n) is 8.25. The van der Waals surface area contributed by atoms with E-state index in [0.717, 1.165) is 57.4 Å². The van der Waals surface area contributed by atoms with Crippen molar-refractivity contribution in [2.75, 3.05) is 13.1 Å². The van der Waals surface area contributed by atoms with Crippen LogP contribution in [0.2, 0.25) is 0 Å². The van der Waals surface area contributed by atoms with Crippen molar-refractivity contribution in [2.24, 2.45) is 5.92 Å². The summed E-state index contributed by atoms with van der Waals surface area (Å²) in [5.74, 6) is 1.45. The normalized spacial score (nSPS) is 21.7. The molecular formula is C22H30N2O3. The zero-order valence-corrected chi connectivity index (χ0v) is 16.0. The second kappa shape index (κ2) is 8.32. The van der Waals surface area contributed by atoms with Crippen molar-refractivity contribution in [3.05, 3.63) is 29.8 Å². The Morgan fingerprint density at radius 2 is 1.56 bits per heavy atom. The number of ether oxygens (including phenoxy) is 1. The molecule has 2 saturated carbocycles. The van der Waals surface area contributed by atoms with Gasteiger partial charge in [-0.2, -0.15) is 0 Å². The topological polar surface area (TPSA) is 58.6 Å². The molecule has 3 aliphatic rings. The monoisotopic (exact) mass is 370 g/mol. The number of nitrogens with one attached hydrogen (secondary N) is 1. The zero-order chi connectivity index (χ0) is 18.6. The Kier molecular flexibility index (Phi) is 5.65. The molecule has 1 aromatic rings. The standard InChI is InChI=1S/C22H30N2O3/c25-21(23-18-4-2-1-3-5-18)16-8-10-19(11-9-16)27-20-12-14-24(15-13-20)22(26)17-6-7-17/h8-11,17-18,20H,1-7,12-15H2,(H,23,25). The van der Waals surface area contributed by atoms with Crippen LogP contribution in [-0.4, -0.2) is 41.9 Å². The van der Waals surface area contributed by atoms with E-state index in [0.29, 0.717) is 23.4 Å². The van der Waals surface area contributed by atoms with Gasteiger partial charge in [0.1, 0.15) is 11.9 Å². The quantitative estimate of drug-likeness (QED) is 0.863. The highest BCUT2D eigenvalue weighted by atomic mass is 16.5. The molecule has 5 heteroatoms. The molecule has 0 radical (unpaired) electrons. The van der Waals surface area contributed by atoms with Crippen LogP contribution < -0.4 is 10.1 Å². The average molecular weight is 370 g/mol. The third-order valence-electron chi connectivity index (χ3n) is 6.04. The minimum absolute atomic E-state index is 0.0142. The highest BCUT2D eigenvalue weighted by Crippen LogP contribution is 2.32. The van der Waals surface area contributed by atoms with Gasteiger partial charge in [0, 0.05) is 43.5 Å². The summed E-state index contributed by atoms with van der Waals surface area (Å²) in [7, 11) is 0. The third-order valence-corrected chi connectivity index (χ3v) is 6.04. The summed E-state index contributed by atoms with van der Waals surface area (Å²) >= 11 is 0. The Hall–Kier alpha value is -2.04. The van der Waals surface area contributed by atoms with E-state index in [1.807, 2.05) is 29.2 Å². The van der Waals surface area contributed by atoms with Gasteiger partial charge in [0.05, 0.1) is 0 Å². The fourth-order valence-electron chi connectivity index (χ4n) is 4.18. The number of benzene rings is 1. The molecule has 2 aliphatic carbocycles. The van der Waals surface area contributed by atoms with Gasteiger partial charge in [-0.25, -0.2) is 0 Å². The first-order valence-corrected chi connectivity index (χ1v) is 10.6. The number of piperidine rings is 1. The molecule has 0 aromatic heterocycles. The van der Waals surface area contributed by atoms with Crippen LogP contribution in [0.4, 0.5) is 0 Å². The van der Waals surface area contributed by atoms with Gasteiger partial charge in [-0.3, -0.25) is 9.59 Å². The molecule has 0 atom stereocenters. The van der Waals surface area contributed by atoms with E-state index in [4.69, 9.17) is 4.74 Å². The molecule has 146 valence electrons. The molecule has 0 bridgehead atoms. The van der Waals surface area contributed by atoms with E-state index in [1.54, 1.807) is 0 Å². The molecule has 2 amide bonds. The molecule has 0 unspecified atom stereocenters. The van der Waals surface area contributed by atoms with Crippen molar-refractivity contribution < 1.29 is 14.3 Å². The van der Waals surface area contributed by atoms with E-state index in [9.17, 15) is 9.59 Å². The Morgan fingerprint density at radius 1 is 0.889 bits per heavy atom. The number of carbonyl (C=O) groups excluding carboxylic acids is 2. The van der Waals surface area contributed by atoms with E-state index in [1.165, 1.54) is 19.3 Å². The van der Waals surface area contributed by atoms with Crippen molar-refractivity contribution in [1.82, 2.24) is 10.2 Å². The van der Waals surface area contributed by atoms with Crippen molar-refractivity contribution in [3.63, 3.8) is 0 Å². The molecular weight excluding hydrogens is 340 g/mol. The Labute approximate surface area is 161 Å². The van der Waals surface area contributed by atoms with Gasteiger partial charge in [-0.15, -0.1) is 0 Å². The van der Waals surface area contributed by atoms with Gasteiger partial charge in [0.15, 0.2) is 0 Å². The Balaban J connectivity index is 1.24. The smallest absolute Gasteiger partial charge is 0.251 e. The van der Waals surface area contributed by atoms with Crippen LogP contribution in [0, 0.1) is 5.92 Å². The lowest BCUT2D eigenvalue weighted by Crippen LogP contribution is -2.42. The van der Waals surface area contributed by atoms with Crippen molar-refractivity contribution in [2.45, 2.75) is 69.9 Å². The maximum atomic E-state index is 12.4. The molecule has 3 fully saturated rings. The number of likely N-dealkylation sites (tertiary alicyclic amines) is 1. The minimum atomic E-state index is 0.0142. The van der Waals surface area contributed by atoms with E-state index < -0.39 is 0 Å². The van der Waals surface area contributed by atoms with Crippen molar-refractivity contribution in [3.8, 4) is 5.75 Å². The summed E-state index contributed by atoms with van der Waals surface area (Å²) in [5, 5.41) is 3.15. The zero-order valence-electron chi connectivity index (χ0n) is 16.0. The number of rotatable bonds is 5. The van der Waals surface area contributed by atoms with Crippen molar-refractivity contribution >= 4 is 11.8 Å². The van der Waals surface area contributed by atoms with Crippen LogP contribution in [0.1, 0.15) is 68.1 Å². The first-order valence-electron chi connectivity index (χ1n) is 10.6. The predicted octanol–water partition coefficient (Wildman–Crippen LogP) is 3.53. The van der Waals surface area contributed by atoms with Crippen LogP contribution >= 0.6 is 0 Å². The molecule has 27 heavy (non-hydrogen) atoms. The van der Waals surface area contributed by atoms with Gasteiger partial charge in [0.2, 0.25) is 5.91 Å². The van der Waals surface area contributed by atoms with Gasteiger partial charge in [0.25, 0.3) is 5.91 Å². The number of amides is 2. The molecule has 1 saturated heterocycles.